The van der Waals surface area contributed by atoms with E-state index in [0.717, 1.165) is 25.8 Å². The molecule has 0 atom stereocenters. The fraction of sp³-hybridized carbons (Fsp3) is 0.280. The van der Waals surface area contributed by atoms with Crippen molar-refractivity contribution in [2.24, 2.45) is 0 Å². The number of nitrogens with one attached hydrogen (secondary N) is 1. The Kier molecular flexibility index (Phi) is 15.3. The van der Waals surface area contributed by atoms with Crippen LogP contribution in [0.1, 0.15) is 44.4 Å². The quantitative estimate of drug-likeness (QED) is 0.537. The van der Waals surface area contributed by atoms with Crippen LogP contribution in [0.15, 0.2) is 84.9 Å². The lowest BCUT2D eigenvalue weighted by Crippen LogP contribution is -1.99. The molecular weight excluding hydrogens is 330 g/mol. The Morgan fingerprint density at radius 2 is 0.963 bits per heavy atom. The van der Waals surface area contributed by atoms with Crippen molar-refractivity contribution >= 4 is 5.69 Å². The fourth-order valence-electron chi connectivity index (χ4n) is 2.37. The van der Waals surface area contributed by atoms with Crippen molar-refractivity contribution in [2.45, 2.75) is 40.7 Å². The van der Waals surface area contributed by atoms with Gasteiger partial charge >= 0.3 is 0 Å². The molecule has 3 aromatic rings. The zero-order valence-corrected chi connectivity index (χ0v) is 17.4. The van der Waals surface area contributed by atoms with Crippen LogP contribution in [0.3, 0.4) is 0 Å². The molecule has 2 nitrogen and oxygen atoms in total. The second kappa shape index (κ2) is 16.9. The maximum absolute atomic E-state index is 7.00. The molecule has 0 fully saturated rings. The van der Waals surface area contributed by atoms with Gasteiger partial charge in [-0.15, -0.1) is 0 Å². The van der Waals surface area contributed by atoms with Gasteiger partial charge in [0.05, 0.1) is 0 Å². The highest BCUT2D eigenvalue weighted by molar-refractivity contribution is 5.45. The molecule has 2 N–H and O–H groups in total. The second-order valence-electron chi connectivity index (χ2n) is 5.20. The van der Waals surface area contributed by atoms with Gasteiger partial charge in [0.2, 0.25) is 0 Å². The Bertz CT molecular complexity index is 664. The van der Waals surface area contributed by atoms with Gasteiger partial charge < -0.3 is 10.4 Å². The summed E-state index contributed by atoms with van der Waals surface area (Å²) in [5, 5.41) is 10.5. The molecule has 27 heavy (non-hydrogen) atoms. The Morgan fingerprint density at radius 1 is 0.556 bits per heavy atom. The molecule has 146 valence electrons. The van der Waals surface area contributed by atoms with E-state index in [4.69, 9.17) is 5.11 Å². The summed E-state index contributed by atoms with van der Waals surface area (Å²) in [4.78, 5) is 0. The molecule has 2 heteroatoms. The van der Waals surface area contributed by atoms with Crippen LogP contribution in [-0.2, 0) is 13.0 Å². The van der Waals surface area contributed by atoms with Gasteiger partial charge in [0.15, 0.2) is 0 Å². The first kappa shape index (κ1) is 24.4. The number of benzene rings is 3. The zero-order valence-electron chi connectivity index (χ0n) is 17.4. The summed E-state index contributed by atoms with van der Waals surface area (Å²) >= 11 is 0. The van der Waals surface area contributed by atoms with Gasteiger partial charge in [-0.2, -0.15) is 0 Å². The third-order valence-corrected chi connectivity index (χ3v) is 3.54. The molecular formula is C25H35NO. The van der Waals surface area contributed by atoms with E-state index >= 15 is 0 Å². The van der Waals surface area contributed by atoms with E-state index < -0.39 is 0 Å². The van der Waals surface area contributed by atoms with Gasteiger partial charge in [-0.05, 0) is 35.2 Å². The van der Waals surface area contributed by atoms with E-state index in [-0.39, 0.29) is 0 Å². The first-order valence-corrected chi connectivity index (χ1v) is 9.75. The van der Waals surface area contributed by atoms with Crippen LogP contribution in [0, 0.1) is 0 Å². The standard InChI is InChI=1S/C20H19N.2C2H6.CH4O/c1-3-7-17(8-4-1)15-18-11-13-20(14-12-18)21-16-19-9-5-2-6-10-19;3*1-2/h1-14,21H,15-16H2;2*1-2H3;2H,1H3. The van der Waals surface area contributed by atoms with E-state index in [2.05, 4.69) is 84.2 Å². The van der Waals surface area contributed by atoms with Gasteiger partial charge in [-0.25, -0.2) is 0 Å². The summed E-state index contributed by atoms with van der Waals surface area (Å²) in [6.07, 6.45) is 0.986. The molecule has 0 spiro atoms. The van der Waals surface area contributed by atoms with Gasteiger partial charge in [0.1, 0.15) is 0 Å². The number of aliphatic hydroxyl groups is 1. The number of hydrogen-bond acceptors (Lipinski definition) is 2. The highest BCUT2D eigenvalue weighted by Crippen LogP contribution is 2.14. The topological polar surface area (TPSA) is 32.3 Å². The molecule has 0 saturated carbocycles. The Hall–Kier alpha value is -2.58. The fourth-order valence-corrected chi connectivity index (χ4v) is 2.37. The van der Waals surface area contributed by atoms with Gasteiger partial charge in [-0.1, -0.05) is 100 Å². The molecule has 0 unspecified atom stereocenters. The van der Waals surface area contributed by atoms with Crippen LogP contribution in [0.25, 0.3) is 0 Å². The Labute approximate surface area is 165 Å². The molecule has 0 amide bonds. The lowest BCUT2D eigenvalue weighted by Gasteiger charge is -2.08. The highest BCUT2D eigenvalue weighted by atomic mass is 16.2. The molecule has 0 aliphatic rings. The largest absolute Gasteiger partial charge is 0.400 e. The molecule has 0 aliphatic carbocycles. The minimum Gasteiger partial charge on any atom is -0.400 e. The maximum Gasteiger partial charge on any atom is 0.0400 e. The molecule has 0 aromatic heterocycles. The number of anilines is 1. The molecule has 0 bridgehead atoms. The van der Waals surface area contributed by atoms with Crippen molar-refractivity contribution in [1.29, 1.82) is 0 Å². The predicted molar refractivity (Wildman–Crippen MR) is 120 cm³/mol. The van der Waals surface area contributed by atoms with Crippen molar-refractivity contribution < 1.29 is 5.11 Å². The van der Waals surface area contributed by atoms with E-state index in [1.54, 1.807) is 0 Å². The lowest BCUT2D eigenvalue weighted by atomic mass is 10.0. The first-order valence-electron chi connectivity index (χ1n) is 9.75. The minimum atomic E-state index is 0.860. The molecule has 0 heterocycles. The average Bonchev–Trinajstić information content (AvgIpc) is 2.79. The summed E-state index contributed by atoms with van der Waals surface area (Å²) in [5.74, 6) is 0. The first-order chi connectivity index (χ1) is 13.4. The van der Waals surface area contributed by atoms with Crippen molar-refractivity contribution in [2.75, 3.05) is 12.4 Å². The van der Waals surface area contributed by atoms with Crippen LogP contribution in [0.4, 0.5) is 5.69 Å². The van der Waals surface area contributed by atoms with Crippen LogP contribution in [0.5, 0.6) is 0 Å². The highest BCUT2D eigenvalue weighted by Gasteiger charge is 1.97. The minimum absolute atomic E-state index is 0.860. The predicted octanol–water partition coefficient (Wildman–Crippen LogP) is 6.55. The summed E-state index contributed by atoms with van der Waals surface area (Å²) in [6, 6.07) is 29.7. The number of hydrogen-bond donors (Lipinski definition) is 2. The van der Waals surface area contributed by atoms with Gasteiger partial charge in [0.25, 0.3) is 0 Å². The van der Waals surface area contributed by atoms with Gasteiger partial charge in [-0.3, -0.25) is 0 Å². The normalized spacial score (nSPS) is 8.67. The van der Waals surface area contributed by atoms with E-state index in [1.165, 1.54) is 16.7 Å². The van der Waals surface area contributed by atoms with Crippen LogP contribution in [0.2, 0.25) is 0 Å². The second-order valence-corrected chi connectivity index (χ2v) is 5.20. The summed E-state index contributed by atoms with van der Waals surface area (Å²) in [6.45, 7) is 8.86. The van der Waals surface area contributed by atoms with Gasteiger partial charge in [0, 0.05) is 19.3 Å². The van der Waals surface area contributed by atoms with Crippen molar-refractivity contribution in [3.63, 3.8) is 0 Å². The lowest BCUT2D eigenvalue weighted by molar-refractivity contribution is 0.399. The SMILES string of the molecule is CC.CC.CO.c1ccc(CNc2ccc(Cc3ccccc3)cc2)cc1. The molecule has 0 radical (unpaired) electrons. The number of aliphatic hydroxyl groups excluding tert-OH is 1. The van der Waals surface area contributed by atoms with E-state index in [1.807, 2.05) is 33.8 Å². The summed E-state index contributed by atoms with van der Waals surface area (Å²) < 4.78 is 0. The smallest absolute Gasteiger partial charge is 0.0400 e. The van der Waals surface area contributed by atoms with E-state index in [0.29, 0.717) is 0 Å². The number of rotatable bonds is 5. The molecule has 3 aromatic carbocycles. The Balaban J connectivity index is 0.00000103. The summed E-state index contributed by atoms with van der Waals surface area (Å²) in [5.41, 5.74) is 5.15. The third kappa shape index (κ3) is 10.2. The van der Waals surface area contributed by atoms with E-state index in [9.17, 15) is 0 Å². The molecule has 0 saturated heterocycles. The molecule has 3 rings (SSSR count). The molecule has 0 aliphatic heterocycles. The van der Waals surface area contributed by atoms with Crippen LogP contribution in [-0.4, -0.2) is 12.2 Å². The maximum atomic E-state index is 7.00. The third-order valence-electron chi connectivity index (χ3n) is 3.54. The monoisotopic (exact) mass is 365 g/mol. The average molecular weight is 366 g/mol. The van der Waals surface area contributed by atoms with Crippen molar-refractivity contribution in [1.82, 2.24) is 0 Å². The van der Waals surface area contributed by atoms with Crippen LogP contribution < -0.4 is 5.32 Å². The zero-order chi connectivity index (χ0) is 20.3. The summed E-state index contributed by atoms with van der Waals surface area (Å²) in [7, 11) is 1.00. The Morgan fingerprint density at radius 3 is 1.44 bits per heavy atom. The van der Waals surface area contributed by atoms with Crippen molar-refractivity contribution in [3.8, 4) is 0 Å². The van der Waals surface area contributed by atoms with Crippen molar-refractivity contribution in [3.05, 3.63) is 102 Å². The van der Waals surface area contributed by atoms with Crippen LogP contribution >= 0.6 is 0 Å².